The van der Waals surface area contributed by atoms with Gasteiger partial charge in [-0.15, -0.1) is 0 Å². The fraction of sp³-hybridized carbons (Fsp3) is 0.444. The maximum atomic E-state index is 13.2. The molecule has 182 valence electrons. The van der Waals surface area contributed by atoms with Gasteiger partial charge < -0.3 is 0 Å². The molecular weight excluding hydrogens is 509 g/mol. The van der Waals surface area contributed by atoms with Crippen LogP contribution < -0.4 is 4.46 Å². The van der Waals surface area contributed by atoms with Crippen LogP contribution in [-0.2, 0) is 20.5 Å². The average molecular weight is 545 g/mol. The van der Waals surface area contributed by atoms with Gasteiger partial charge in [0.15, 0.2) is 0 Å². The molecule has 2 aliphatic heterocycles. The van der Waals surface area contributed by atoms with Crippen LogP contribution in [-0.4, -0.2) is 64.0 Å². The van der Waals surface area contributed by atoms with Crippen LogP contribution in [0.15, 0.2) is 70.9 Å². The van der Waals surface area contributed by atoms with Crippen LogP contribution in [0.2, 0.25) is 18.1 Å². The number of carbonyl (C=O) groups is 1. The third-order valence-electron chi connectivity index (χ3n) is 7.02. The van der Waals surface area contributed by atoms with E-state index in [4.69, 9.17) is 9.16 Å². The van der Waals surface area contributed by atoms with Crippen molar-refractivity contribution in [2.45, 2.75) is 63.6 Å². The van der Waals surface area contributed by atoms with Crippen molar-refractivity contribution in [3.63, 3.8) is 0 Å². The number of hydrogen-bond donors (Lipinski definition) is 1. The Hall–Kier alpha value is -1.89. The van der Waals surface area contributed by atoms with E-state index in [1.165, 1.54) is 4.46 Å². The van der Waals surface area contributed by atoms with Gasteiger partial charge in [-0.25, -0.2) is 0 Å². The van der Waals surface area contributed by atoms with E-state index in [-0.39, 0.29) is 38.6 Å². The summed E-state index contributed by atoms with van der Waals surface area (Å²) >= 11 is -0.0296. The summed E-state index contributed by atoms with van der Waals surface area (Å²) in [6, 6.07) is 20.1. The van der Waals surface area contributed by atoms with Crippen molar-refractivity contribution in [3.05, 3.63) is 76.5 Å². The summed E-state index contributed by atoms with van der Waals surface area (Å²) in [5.74, 6) is 0.188. The van der Waals surface area contributed by atoms with Crippen LogP contribution in [0.1, 0.15) is 32.8 Å². The van der Waals surface area contributed by atoms with Crippen LogP contribution in [0.25, 0.3) is 0 Å². The van der Waals surface area contributed by atoms with Gasteiger partial charge in [0, 0.05) is 0 Å². The summed E-state index contributed by atoms with van der Waals surface area (Å²) in [5.41, 5.74) is -0.527. The van der Waals surface area contributed by atoms with Crippen molar-refractivity contribution < 1.29 is 19.1 Å². The maximum absolute atomic E-state index is 13.2. The van der Waals surface area contributed by atoms with E-state index < -0.39 is 13.9 Å². The Labute approximate surface area is 210 Å². The molecule has 1 amide bonds. The van der Waals surface area contributed by atoms with E-state index in [0.717, 1.165) is 10.0 Å². The van der Waals surface area contributed by atoms with E-state index in [1.54, 1.807) is 4.90 Å². The van der Waals surface area contributed by atoms with Gasteiger partial charge in [0.25, 0.3) is 0 Å². The third kappa shape index (κ3) is 5.19. The van der Waals surface area contributed by atoms with Crippen molar-refractivity contribution in [2.24, 2.45) is 0 Å². The fourth-order valence-corrected chi connectivity index (χ4v) is 7.38. The first-order chi connectivity index (χ1) is 16.0. The normalized spacial score (nSPS) is 23.2. The van der Waals surface area contributed by atoms with Crippen LogP contribution in [0.3, 0.4) is 0 Å². The molecule has 1 saturated heterocycles. The molecule has 2 atom stereocenters. The van der Waals surface area contributed by atoms with Gasteiger partial charge in [-0.2, -0.15) is 0 Å². The topological polar surface area (TPSA) is 59.0 Å². The number of β-amino-alcohol motifs (C(OH)–C–C–N with tert-alkyl or cyclic N) is 1. The predicted octanol–water partition coefficient (Wildman–Crippen LogP) is 3.81. The molecule has 1 fully saturated rings. The molecule has 7 heteroatoms. The molecule has 34 heavy (non-hydrogen) atoms. The second-order valence-corrected chi connectivity index (χ2v) is 18.0. The number of benzene rings is 2. The van der Waals surface area contributed by atoms with Gasteiger partial charge in [0.1, 0.15) is 0 Å². The Balaban J connectivity index is 1.50. The molecule has 1 N–H and O–H groups in total. The van der Waals surface area contributed by atoms with Crippen LogP contribution in [0.5, 0.6) is 0 Å². The molecule has 1 unspecified atom stereocenters. The Morgan fingerprint density at radius 3 is 2.32 bits per heavy atom. The standard InChI is InChI=1S/C27H35NO4SeSi/c1-26(2,3)34(4,5)31-18-21-16-23(33-22-14-10-7-11-15-22)24(32-21)27(30)19-28(25(27)29)17-20-12-8-6-9-13-20/h6-15,21,30H,16-19H2,1-5H3/t21-,27?/m0/s1. The minimum atomic E-state index is -1.93. The molecule has 2 aromatic rings. The van der Waals surface area contributed by atoms with Crippen molar-refractivity contribution in [1.29, 1.82) is 0 Å². The molecule has 0 aliphatic carbocycles. The first-order valence-electron chi connectivity index (χ1n) is 11.8. The first-order valence-corrected chi connectivity index (χ1v) is 16.4. The van der Waals surface area contributed by atoms with E-state index >= 15 is 0 Å². The third-order valence-corrected chi connectivity index (χ3v) is 13.8. The average Bonchev–Trinajstić information content (AvgIpc) is 3.21. The number of ether oxygens (including phenoxy) is 1. The van der Waals surface area contributed by atoms with Crippen molar-refractivity contribution in [1.82, 2.24) is 4.90 Å². The van der Waals surface area contributed by atoms with E-state index in [1.807, 2.05) is 48.5 Å². The monoisotopic (exact) mass is 545 g/mol. The number of rotatable bonds is 8. The number of aliphatic hydroxyl groups is 1. The predicted molar refractivity (Wildman–Crippen MR) is 138 cm³/mol. The summed E-state index contributed by atoms with van der Waals surface area (Å²) in [6.45, 7) is 12.3. The first kappa shape index (κ1) is 25.2. The van der Waals surface area contributed by atoms with Gasteiger partial charge in [0.05, 0.1) is 0 Å². The number of nitrogens with zero attached hydrogens (tertiary/aromatic N) is 1. The molecule has 0 spiro atoms. The summed E-state index contributed by atoms with van der Waals surface area (Å²) in [4.78, 5) is 14.9. The van der Waals surface area contributed by atoms with Crippen LogP contribution in [0, 0.1) is 0 Å². The second-order valence-electron chi connectivity index (χ2n) is 10.7. The second kappa shape index (κ2) is 9.63. The van der Waals surface area contributed by atoms with Crippen molar-refractivity contribution >= 4 is 33.6 Å². The van der Waals surface area contributed by atoms with E-state index in [9.17, 15) is 9.90 Å². The molecule has 2 aromatic carbocycles. The van der Waals surface area contributed by atoms with Crippen LogP contribution >= 0.6 is 0 Å². The van der Waals surface area contributed by atoms with E-state index in [0.29, 0.717) is 25.3 Å². The number of hydrogen-bond acceptors (Lipinski definition) is 4. The minimum absolute atomic E-state index is 0.0296. The Kier molecular flexibility index (Phi) is 7.14. The van der Waals surface area contributed by atoms with Crippen molar-refractivity contribution in [2.75, 3.05) is 13.2 Å². The zero-order chi connectivity index (χ0) is 24.6. The molecule has 5 nitrogen and oxygen atoms in total. The Morgan fingerprint density at radius 1 is 1.12 bits per heavy atom. The summed E-state index contributed by atoms with van der Waals surface area (Å²) in [7, 11) is -1.93. The zero-order valence-corrected chi connectivity index (χ0v) is 23.4. The van der Waals surface area contributed by atoms with Gasteiger partial charge >= 0.3 is 211 Å². The molecule has 2 heterocycles. The quantitative estimate of drug-likeness (QED) is 0.406. The molecule has 2 aliphatic rings. The summed E-state index contributed by atoms with van der Waals surface area (Å²) in [6.07, 6.45) is 0.511. The number of β-lactam (4-membered cyclic amide) rings is 1. The van der Waals surface area contributed by atoms with E-state index in [2.05, 4.69) is 46.0 Å². The molecular formula is C27H35NO4SeSi. The Morgan fingerprint density at radius 2 is 1.74 bits per heavy atom. The van der Waals surface area contributed by atoms with Gasteiger partial charge in [-0.05, 0) is 0 Å². The van der Waals surface area contributed by atoms with Crippen molar-refractivity contribution in [3.8, 4) is 0 Å². The summed E-state index contributed by atoms with van der Waals surface area (Å²) in [5, 5.41) is 11.6. The summed E-state index contributed by atoms with van der Waals surface area (Å²) < 4.78 is 15.0. The van der Waals surface area contributed by atoms with Gasteiger partial charge in [-0.1, -0.05) is 0 Å². The molecule has 0 aromatic heterocycles. The van der Waals surface area contributed by atoms with Crippen LogP contribution in [0.4, 0.5) is 0 Å². The molecule has 0 radical (unpaired) electrons. The van der Waals surface area contributed by atoms with Gasteiger partial charge in [-0.3, -0.25) is 0 Å². The molecule has 0 saturated carbocycles. The Bertz CT molecular complexity index is 1050. The van der Waals surface area contributed by atoms with Gasteiger partial charge in [0.2, 0.25) is 0 Å². The number of amides is 1. The number of carbonyl (C=O) groups excluding carboxylic acids is 1. The fourth-order valence-electron chi connectivity index (χ4n) is 3.92. The molecule has 4 rings (SSSR count). The zero-order valence-electron chi connectivity index (χ0n) is 20.7. The molecule has 0 bridgehead atoms. The SMILES string of the molecule is CC(C)(C)[Si](C)(C)OC[C@@H]1CC([Se]c2ccccc2)=C(C2(O)CN(Cc3ccccc3)C2=O)O1. The number of likely N-dealkylation sites (tertiary alicyclic amines) is 1.